The second-order valence-corrected chi connectivity index (χ2v) is 4.27. The summed E-state index contributed by atoms with van der Waals surface area (Å²) in [5.74, 6) is 0.429. The maximum Gasteiger partial charge on any atom is 0.237 e. The first-order valence-electron chi connectivity index (χ1n) is 5.87. The molecule has 1 fully saturated rings. The number of carbonyl (C=O) groups excluding carboxylic acids is 1. The predicted molar refractivity (Wildman–Crippen MR) is 65.1 cm³/mol. The molecule has 0 saturated carbocycles. The van der Waals surface area contributed by atoms with Crippen LogP contribution in [0.5, 0.6) is 5.88 Å². The molecule has 0 spiro atoms. The second kappa shape index (κ2) is 5.79. The SMILES string of the molecule is COc1cc(CNC(=O)C2CC(O)CN2)ccn1. The van der Waals surface area contributed by atoms with Gasteiger partial charge in [-0.3, -0.25) is 4.79 Å². The van der Waals surface area contributed by atoms with Crippen LogP contribution in [0.15, 0.2) is 18.3 Å². The Bertz CT molecular complexity index is 425. The van der Waals surface area contributed by atoms with Gasteiger partial charge in [-0.05, 0) is 18.1 Å². The lowest BCUT2D eigenvalue weighted by Crippen LogP contribution is -2.40. The third-order valence-electron chi connectivity index (χ3n) is 2.90. The van der Waals surface area contributed by atoms with Gasteiger partial charge >= 0.3 is 0 Å². The number of aliphatic hydroxyl groups is 1. The molecule has 2 unspecified atom stereocenters. The van der Waals surface area contributed by atoms with Gasteiger partial charge in [0.25, 0.3) is 0 Å². The highest BCUT2D eigenvalue weighted by atomic mass is 16.5. The number of amides is 1. The van der Waals surface area contributed by atoms with E-state index in [1.165, 1.54) is 0 Å². The molecule has 0 radical (unpaired) electrons. The van der Waals surface area contributed by atoms with Crippen LogP contribution in [0.25, 0.3) is 0 Å². The van der Waals surface area contributed by atoms with Crippen LogP contribution in [0.1, 0.15) is 12.0 Å². The fourth-order valence-corrected chi connectivity index (χ4v) is 1.90. The number of nitrogens with one attached hydrogen (secondary N) is 2. The van der Waals surface area contributed by atoms with Gasteiger partial charge in [-0.2, -0.15) is 0 Å². The van der Waals surface area contributed by atoms with E-state index in [1.54, 1.807) is 19.4 Å². The van der Waals surface area contributed by atoms with Crippen molar-refractivity contribution in [3.8, 4) is 5.88 Å². The molecule has 1 amide bonds. The zero-order valence-electron chi connectivity index (χ0n) is 10.2. The first-order chi connectivity index (χ1) is 8.69. The fraction of sp³-hybridized carbons (Fsp3) is 0.500. The van der Waals surface area contributed by atoms with Crippen LogP contribution < -0.4 is 15.4 Å². The lowest BCUT2D eigenvalue weighted by Gasteiger charge is -2.11. The number of aromatic nitrogens is 1. The zero-order chi connectivity index (χ0) is 13.0. The number of β-amino-alcohol motifs (C(OH)–C–C–N with tert-alkyl or cyclic N) is 1. The molecule has 1 aliphatic heterocycles. The average Bonchev–Trinajstić information content (AvgIpc) is 2.83. The predicted octanol–water partition coefficient (Wildman–Crippen LogP) is -0.571. The maximum atomic E-state index is 11.8. The van der Waals surface area contributed by atoms with Crippen LogP contribution in [0, 0.1) is 0 Å². The third-order valence-corrected chi connectivity index (χ3v) is 2.90. The van der Waals surface area contributed by atoms with Gasteiger partial charge < -0.3 is 20.5 Å². The van der Waals surface area contributed by atoms with E-state index in [9.17, 15) is 9.90 Å². The van der Waals surface area contributed by atoms with Gasteiger partial charge in [0.1, 0.15) is 0 Å². The number of hydrogen-bond acceptors (Lipinski definition) is 5. The lowest BCUT2D eigenvalue weighted by atomic mass is 10.2. The largest absolute Gasteiger partial charge is 0.481 e. The van der Waals surface area contributed by atoms with E-state index in [4.69, 9.17) is 4.74 Å². The molecular weight excluding hydrogens is 234 g/mol. The lowest BCUT2D eigenvalue weighted by molar-refractivity contribution is -0.123. The van der Waals surface area contributed by atoms with Crippen molar-refractivity contribution in [2.45, 2.75) is 25.1 Å². The minimum atomic E-state index is -0.429. The number of nitrogens with zero attached hydrogens (tertiary/aromatic N) is 1. The van der Waals surface area contributed by atoms with Crippen molar-refractivity contribution in [3.63, 3.8) is 0 Å². The molecule has 2 rings (SSSR count). The van der Waals surface area contributed by atoms with Crippen LogP contribution in [-0.4, -0.2) is 41.8 Å². The Balaban J connectivity index is 1.85. The molecule has 1 aromatic rings. The number of ether oxygens (including phenoxy) is 1. The monoisotopic (exact) mass is 251 g/mol. The van der Waals surface area contributed by atoms with Crippen molar-refractivity contribution in [1.29, 1.82) is 0 Å². The van der Waals surface area contributed by atoms with Gasteiger partial charge in [-0.15, -0.1) is 0 Å². The van der Waals surface area contributed by atoms with E-state index < -0.39 is 6.10 Å². The normalized spacial score (nSPS) is 22.8. The average molecular weight is 251 g/mol. The summed E-state index contributed by atoms with van der Waals surface area (Å²) in [6.45, 7) is 0.896. The van der Waals surface area contributed by atoms with E-state index in [0.717, 1.165) is 5.56 Å². The number of hydrogen-bond donors (Lipinski definition) is 3. The molecule has 2 atom stereocenters. The van der Waals surface area contributed by atoms with Crippen LogP contribution in [0.4, 0.5) is 0 Å². The summed E-state index contributed by atoms with van der Waals surface area (Å²) in [6.07, 6.45) is 1.67. The molecule has 1 aliphatic rings. The molecule has 1 aromatic heterocycles. The number of pyridine rings is 1. The molecule has 0 bridgehead atoms. The highest BCUT2D eigenvalue weighted by Gasteiger charge is 2.27. The smallest absolute Gasteiger partial charge is 0.237 e. The molecule has 1 saturated heterocycles. The van der Waals surface area contributed by atoms with Gasteiger partial charge in [0, 0.05) is 25.4 Å². The third kappa shape index (κ3) is 3.18. The minimum absolute atomic E-state index is 0.0951. The molecule has 6 nitrogen and oxygen atoms in total. The van der Waals surface area contributed by atoms with Crippen molar-refractivity contribution in [2.24, 2.45) is 0 Å². The number of carbonyl (C=O) groups is 1. The fourth-order valence-electron chi connectivity index (χ4n) is 1.90. The Labute approximate surface area is 105 Å². The Morgan fingerprint density at radius 2 is 2.56 bits per heavy atom. The highest BCUT2D eigenvalue weighted by molar-refractivity contribution is 5.82. The molecule has 0 aliphatic carbocycles. The minimum Gasteiger partial charge on any atom is -0.481 e. The summed E-state index contributed by atoms with van der Waals surface area (Å²) in [6, 6.07) is 3.29. The number of methoxy groups -OCH3 is 1. The van der Waals surface area contributed by atoms with Crippen molar-refractivity contribution in [2.75, 3.05) is 13.7 Å². The number of aliphatic hydroxyl groups excluding tert-OH is 1. The first kappa shape index (κ1) is 12.8. The van der Waals surface area contributed by atoms with Crippen LogP contribution in [0.2, 0.25) is 0 Å². The summed E-state index contributed by atoms with van der Waals surface area (Å²) in [7, 11) is 1.55. The summed E-state index contributed by atoms with van der Waals surface area (Å²) in [5.41, 5.74) is 0.925. The van der Waals surface area contributed by atoms with E-state index in [0.29, 0.717) is 25.4 Å². The molecular formula is C12H17N3O3. The first-order valence-corrected chi connectivity index (χ1v) is 5.87. The molecule has 98 valence electrons. The molecule has 18 heavy (non-hydrogen) atoms. The Kier molecular flexibility index (Phi) is 4.11. The van der Waals surface area contributed by atoms with Crippen LogP contribution in [-0.2, 0) is 11.3 Å². The van der Waals surface area contributed by atoms with Gasteiger partial charge in [-0.1, -0.05) is 0 Å². The Hall–Kier alpha value is -1.66. The van der Waals surface area contributed by atoms with E-state index in [2.05, 4.69) is 15.6 Å². The quantitative estimate of drug-likeness (QED) is 0.667. The van der Waals surface area contributed by atoms with Crippen molar-refractivity contribution < 1.29 is 14.6 Å². The second-order valence-electron chi connectivity index (χ2n) is 4.27. The summed E-state index contributed by atoms with van der Waals surface area (Å²) < 4.78 is 5.01. The Morgan fingerprint density at radius 3 is 3.22 bits per heavy atom. The molecule has 0 aromatic carbocycles. The van der Waals surface area contributed by atoms with Crippen molar-refractivity contribution >= 4 is 5.91 Å². The van der Waals surface area contributed by atoms with Gasteiger partial charge in [0.05, 0.1) is 19.3 Å². The van der Waals surface area contributed by atoms with Crippen LogP contribution in [0.3, 0.4) is 0 Å². The van der Waals surface area contributed by atoms with Crippen molar-refractivity contribution in [1.82, 2.24) is 15.6 Å². The molecule has 3 N–H and O–H groups in total. The van der Waals surface area contributed by atoms with E-state index in [-0.39, 0.29) is 11.9 Å². The number of rotatable bonds is 4. The topological polar surface area (TPSA) is 83.5 Å². The van der Waals surface area contributed by atoms with E-state index >= 15 is 0 Å². The summed E-state index contributed by atoms with van der Waals surface area (Å²) >= 11 is 0. The summed E-state index contributed by atoms with van der Waals surface area (Å²) in [4.78, 5) is 15.8. The molecule has 6 heteroatoms. The standard InChI is InChI=1S/C12H17N3O3/c1-18-11-4-8(2-3-13-11)6-15-12(17)10-5-9(16)7-14-10/h2-4,9-10,14,16H,5-7H2,1H3,(H,15,17). The van der Waals surface area contributed by atoms with Crippen molar-refractivity contribution in [3.05, 3.63) is 23.9 Å². The van der Waals surface area contributed by atoms with Crippen LogP contribution >= 0.6 is 0 Å². The maximum absolute atomic E-state index is 11.8. The van der Waals surface area contributed by atoms with Gasteiger partial charge in [0.15, 0.2) is 0 Å². The molecule has 2 heterocycles. The highest BCUT2D eigenvalue weighted by Crippen LogP contribution is 2.09. The Morgan fingerprint density at radius 1 is 1.72 bits per heavy atom. The summed E-state index contributed by atoms with van der Waals surface area (Å²) in [5, 5.41) is 15.1. The van der Waals surface area contributed by atoms with Gasteiger partial charge in [0.2, 0.25) is 11.8 Å². The zero-order valence-corrected chi connectivity index (χ0v) is 10.2. The van der Waals surface area contributed by atoms with Gasteiger partial charge in [-0.25, -0.2) is 4.98 Å². The van der Waals surface area contributed by atoms with E-state index in [1.807, 2.05) is 6.07 Å².